The van der Waals surface area contributed by atoms with Crippen molar-refractivity contribution in [3.63, 3.8) is 0 Å². The molecule has 1 aromatic heterocycles. The number of ether oxygens (including phenoxy) is 1. The highest BCUT2D eigenvalue weighted by atomic mass is 32.2. The molecule has 1 aliphatic rings. The van der Waals surface area contributed by atoms with E-state index in [4.69, 9.17) is 4.74 Å². The van der Waals surface area contributed by atoms with E-state index >= 15 is 0 Å². The zero-order chi connectivity index (χ0) is 18.6. The third kappa shape index (κ3) is 3.95. The van der Waals surface area contributed by atoms with E-state index in [2.05, 4.69) is 16.4 Å². The number of hydrogen-bond donors (Lipinski definition) is 1. The first-order chi connectivity index (χ1) is 13.2. The van der Waals surface area contributed by atoms with Crippen molar-refractivity contribution >= 4 is 28.7 Å². The Morgan fingerprint density at radius 3 is 2.96 bits per heavy atom. The van der Waals surface area contributed by atoms with E-state index in [1.54, 1.807) is 11.8 Å². The molecule has 0 fully saturated rings. The first-order valence-corrected chi connectivity index (χ1v) is 10.5. The number of carbonyl (C=O) groups is 1. The fourth-order valence-corrected chi connectivity index (χ4v) is 4.00. The highest BCUT2D eigenvalue weighted by Crippen LogP contribution is 2.26. The number of benzene rings is 2. The molecule has 4 rings (SSSR count). The number of thioether (sulfide) groups is 1. The molecule has 140 valence electrons. The third-order valence-electron chi connectivity index (χ3n) is 4.85. The Balaban J connectivity index is 1.40. The van der Waals surface area contributed by atoms with Gasteiger partial charge in [-0.2, -0.15) is 11.8 Å². The van der Waals surface area contributed by atoms with Gasteiger partial charge < -0.3 is 14.6 Å². The molecule has 2 heterocycles. The van der Waals surface area contributed by atoms with Gasteiger partial charge in [-0.3, -0.25) is 4.79 Å². The monoisotopic (exact) mass is 381 g/mol. The molecule has 1 atom stereocenters. The largest absolute Gasteiger partial charge is 0.493 e. The molecule has 0 saturated carbocycles. The van der Waals surface area contributed by atoms with Crippen LogP contribution in [0.2, 0.25) is 0 Å². The predicted molar refractivity (Wildman–Crippen MR) is 109 cm³/mol. The minimum absolute atomic E-state index is 0.0133. The van der Waals surface area contributed by atoms with Gasteiger partial charge in [0.15, 0.2) is 0 Å². The van der Waals surface area contributed by atoms with Crippen molar-refractivity contribution in [3.8, 4) is 5.75 Å². The number of hydrogen-bond acceptors (Lipinski definition) is 4. The average molecular weight is 382 g/mol. The molecule has 1 amide bonds. The summed E-state index contributed by atoms with van der Waals surface area (Å²) in [4.78, 5) is 17.3. The zero-order valence-corrected chi connectivity index (χ0v) is 16.2. The Kier molecular flexibility index (Phi) is 5.34. The molecule has 0 spiro atoms. The smallest absolute Gasteiger partial charge is 0.240 e. The molecular formula is C21H23N3O2S. The van der Waals surface area contributed by atoms with Crippen LogP contribution < -0.4 is 10.1 Å². The maximum atomic E-state index is 12.6. The number of aromatic nitrogens is 2. The van der Waals surface area contributed by atoms with Crippen LogP contribution in [0.4, 0.5) is 0 Å². The lowest BCUT2D eigenvalue weighted by Gasteiger charge is -2.25. The Labute approximate surface area is 163 Å². The number of carbonyl (C=O) groups excluding carboxylic acids is 1. The third-order valence-corrected chi connectivity index (χ3v) is 5.40. The van der Waals surface area contributed by atoms with Crippen molar-refractivity contribution in [1.82, 2.24) is 14.9 Å². The quantitative estimate of drug-likeness (QED) is 0.712. The average Bonchev–Trinajstić information content (AvgIpc) is 3.04. The van der Waals surface area contributed by atoms with Crippen molar-refractivity contribution in [2.75, 3.05) is 19.4 Å². The van der Waals surface area contributed by atoms with Gasteiger partial charge in [-0.25, -0.2) is 4.98 Å². The van der Waals surface area contributed by atoms with Crippen molar-refractivity contribution < 1.29 is 9.53 Å². The summed E-state index contributed by atoms with van der Waals surface area (Å²) in [6, 6.07) is 16.1. The van der Waals surface area contributed by atoms with E-state index in [1.165, 1.54) is 5.56 Å². The van der Waals surface area contributed by atoms with Crippen LogP contribution in [0.25, 0.3) is 11.0 Å². The van der Waals surface area contributed by atoms with Gasteiger partial charge in [0.05, 0.1) is 23.4 Å². The highest BCUT2D eigenvalue weighted by molar-refractivity contribution is 7.97. The fraction of sp³-hybridized carbons (Fsp3) is 0.333. The standard InChI is InChI=1S/C21H23N3O2S/c1-27-14-20-23-17-7-3-4-8-18(17)24(20)12-21(25)22-11-15-10-16-6-2-5-9-19(16)26-13-15/h2-9,15H,10-14H2,1H3,(H,22,25). The van der Waals surface area contributed by atoms with Crippen LogP contribution in [0, 0.1) is 5.92 Å². The first kappa shape index (κ1) is 17.9. The molecule has 3 aromatic rings. The van der Waals surface area contributed by atoms with Crippen molar-refractivity contribution in [3.05, 3.63) is 59.9 Å². The molecule has 27 heavy (non-hydrogen) atoms. The molecule has 1 unspecified atom stereocenters. The van der Waals surface area contributed by atoms with Crippen molar-refractivity contribution in [2.45, 2.75) is 18.7 Å². The Morgan fingerprint density at radius 1 is 1.26 bits per heavy atom. The molecule has 0 radical (unpaired) electrons. The summed E-state index contributed by atoms with van der Waals surface area (Å²) < 4.78 is 7.84. The van der Waals surface area contributed by atoms with E-state index < -0.39 is 0 Å². The topological polar surface area (TPSA) is 56.2 Å². The Bertz CT molecular complexity index is 954. The van der Waals surface area contributed by atoms with Gasteiger partial charge >= 0.3 is 0 Å². The lowest BCUT2D eigenvalue weighted by Crippen LogP contribution is -2.36. The normalized spacial score (nSPS) is 16.0. The fourth-order valence-electron chi connectivity index (χ4n) is 3.52. The number of para-hydroxylation sites is 3. The minimum atomic E-state index is 0.0133. The van der Waals surface area contributed by atoms with Crippen LogP contribution >= 0.6 is 11.8 Å². The van der Waals surface area contributed by atoms with E-state index in [0.29, 0.717) is 25.6 Å². The summed E-state index contributed by atoms with van der Waals surface area (Å²) in [5.41, 5.74) is 3.16. The number of amides is 1. The van der Waals surface area contributed by atoms with E-state index in [0.717, 1.165) is 34.8 Å². The minimum Gasteiger partial charge on any atom is -0.493 e. The van der Waals surface area contributed by atoms with E-state index in [-0.39, 0.29) is 5.91 Å². The van der Waals surface area contributed by atoms with E-state index in [1.807, 2.05) is 53.3 Å². The van der Waals surface area contributed by atoms with Crippen LogP contribution in [-0.2, 0) is 23.5 Å². The molecule has 0 bridgehead atoms. The van der Waals surface area contributed by atoms with Crippen molar-refractivity contribution in [2.24, 2.45) is 5.92 Å². The summed E-state index contributed by atoms with van der Waals surface area (Å²) >= 11 is 1.71. The van der Waals surface area contributed by atoms with Gasteiger partial charge in [-0.1, -0.05) is 30.3 Å². The summed E-state index contributed by atoms with van der Waals surface area (Å²) in [5.74, 6) is 3.00. The molecule has 0 aliphatic carbocycles. The van der Waals surface area contributed by atoms with Gasteiger partial charge in [0.1, 0.15) is 18.1 Å². The van der Waals surface area contributed by atoms with E-state index in [9.17, 15) is 4.79 Å². The number of rotatable bonds is 6. The van der Waals surface area contributed by atoms with Gasteiger partial charge in [-0.15, -0.1) is 0 Å². The molecule has 1 N–H and O–H groups in total. The SMILES string of the molecule is CSCc1nc2ccccc2n1CC(=O)NCC1COc2ccccc2C1. The number of imidazole rings is 1. The lowest BCUT2D eigenvalue weighted by molar-refractivity contribution is -0.121. The summed E-state index contributed by atoms with van der Waals surface area (Å²) in [6.45, 7) is 1.56. The molecule has 6 heteroatoms. The van der Waals surface area contributed by atoms with Crippen LogP contribution in [0.5, 0.6) is 5.75 Å². The second kappa shape index (κ2) is 8.05. The lowest BCUT2D eigenvalue weighted by atomic mass is 9.97. The number of nitrogens with one attached hydrogen (secondary N) is 1. The molecule has 5 nitrogen and oxygen atoms in total. The highest BCUT2D eigenvalue weighted by Gasteiger charge is 2.20. The van der Waals surface area contributed by atoms with Gasteiger partial charge in [0.25, 0.3) is 0 Å². The molecular weight excluding hydrogens is 358 g/mol. The zero-order valence-electron chi connectivity index (χ0n) is 15.4. The number of fused-ring (bicyclic) bond motifs is 2. The summed E-state index contributed by atoms with van der Waals surface area (Å²) in [6.07, 6.45) is 2.98. The molecule has 1 aliphatic heterocycles. The second-order valence-electron chi connectivity index (χ2n) is 6.83. The Morgan fingerprint density at radius 2 is 2.07 bits per heavy atom. The van der Waals surface area contributed by atoms with Crippen LogP contribution in [0.1, 0.15) is 11.4 Å². The van der Waals surface area contributed by atoms with Crippen LogP contribution in [-0.4, -0.2) is 34.9 Å². The van der Waals surface area contributed by atoms with Crippen molar-refractivity contribution in [1.29, 1.82) is 0 Å². The number of nitrogens with zero attached hydrogens (tertiary/aromatic N) is 2. The van der Waals surface area contributed by atoms with Crippen LogP contribution in [0.15, 0.2) is 48.5 Å². The van der Waals surface area contributed by atoms with Crippen LogP contribution in [0.3, 0.4) is 0 Å². The molecule has 2 aromatic carbocycles. The van der Waals surface area contributed by atoms with Gasteiger partial charge in [0.2, 0.25) is 5.91 Å². The summed E-state index contributed by atoms with van der Waals surface area (Å²) in [5, 5.41) is 3.08. The maximum absolute atomic E-state index is 12.6. The van der Waals surface area contributed by atoms with Gasteiger partial charge in [0, 0.05) is 12.5 Å². The van der Waals surface area contributed by atoms with Gasteiger partial charge in [-0.05, 0) is 36.4 Å². The second-order valence-corrected chi connectivity index (χ2v) is 7.69. The maximum Gasteiger partial charge on any atom is 0.240 e. The Hall–Kier alpha value is -2.47. The predicted octanol–water partition coefficient (Wildman–Crippen LogP) is 3.27. The molecule has 0 saturated heterocycles. The summed E-state index contributed by atoms with van der Waals surface area (Å²) in [7, 11) is 0. The first-order valence-electron chi connectivity index (χ1n) is 9.15.